The smallest absolute Gasteiger partial charge is 0.326 e. The maximum absolute atomic E-state index is 11.5. The van der Waals surface area contributed by atoms with Crippen LogP contribution in [0.2, 0.25) is 0 Å². The molecule has 1 saturated carbocycles. The van der Waals surface area contributed by atoms with Gasteiger partial charge in [0.2, 0.25) is 5.88 Å². The minimum atomic E-state index is -0.494. The van der Waals surface area contributed by atoms with Crippen molar-refractivity contribution in [3.8, 4) is 11.6 Å². The van der Waals surface area contributed by atoms with Crippen LogP contribution < -0.4 is 21.7 Å². The molecule has 12 nitrogen and oxygen atoms in total. The summed E-state index contributed by atoms with van der Waals surface area (Å²) in [7, 11) is 0. The molecule has 0 aliphatic heterocycles. The van der Waals surface area contributed by atoms with Gasteiger partial charge in [-0.3, -0.25) is 9.98 Å². The Hall–Kier alpha value is -4.74. The second-order valence-corrected chi connectivity index (χ2v) is 8.00. The SMILES string of the molecule is O=c1[nH]c(O)c(/C=c2\cnn3c(=NC4CC4)cc(NCc4ccccc4-n4cncn4)nc23)[nH]1. The molecule has 1 aliphatic rings. The Labute approximate surface area is 191 Å². The monoisotopic (exact) mass is 456 g/mol. The summed E-state index contributed by atoms with van der Waals surface area (Å²) in [6.07, 6.45) is 8.51. The van der Waals surface area contributed by atoms with E-state index in [2.05, 4.69) is 30.5 Å². The van der Waals surface area contributed by atoms with Gasteiger partial charge >= 0.3 is 5.69 Å². The zero-order valence-electron chi connectivity index (χ0n) is 17.9. The van der Waals surface area contributed by atoms with Crippen LogP contribution in [0.25, 0.3) is 17.4 Å². The number of aromatic nitrogens is 8. The molecule has 0 spiro atoms. The third-order valence-corrected chi connectivity index (χ3v) is 5.49. The highest BCUT2D eigenvalue weighted by atomic mass is 16.3. The van der Waals surface area contributed by atoms with E-state index >= 15 is 0 Å². The fourth-order valence-electron chi connectivity index (χ4n) is 3.69. The summed E-state index contributed by atoms with van der Waals surface area (Å²) < 4.78 is 3.39. The zero-order valence-corrected chi connectivity index (χ0v) is 17.9. The summed E-state index contributed by atoms with van der Waals surface area (Å²) in [5.74, 6) is 0.383. The summed E-state index contributed by atoms with van der Waals surface area (Å²) >= 11 is 0. The Morgan fingerprint density at radius 1 is 1.24 bits per heavy atom. The molecule has 0 unspecified atom stereocenters. The summed E-state index contributed by atoms with van der Waals surface area (Å²) in [4.78, 5) is 29.9. The lowest BCUT2D eigenvalue weighted by molar-refractivity contribution is 0.454. The first-order valence-electron chi connectivity index (χ1n) is 10.8. The minimum Gasteiger partial charge on any atom is -0.493 e. The van der Waals surface area contributed by atoms with E-state index in [9.17, 15) is 9.90 Å². The number of rotatable bonds is 6. The maximum Gasteiger partial charge on any atom is 0.326 e. The zero-order chi connectivity index (χ0) is 23.1. The lowest BCUT2D eigenvalue weighted by Gasteiger charge is -2.11. The minimum absolute atomic E-state index is 0.244. The van der Waals surface area contributed by atoms with Gasteiger partial charge < -0.3 is 15.4 Å². The largest absolute Gasteiger partial charge is 0.493 e. The van der Waals surface area contributed by atoms with Gasteiger partial charge in [0.05, 0.1) is 17.9 Å². The fourth-order valence-corrected chi connectivity index (χ4v) is 3.69. The number of para-hydroxylation sites is 1. The van der Waals surface area contributed by atoms with E-state index in [-0.39, 0.29) is 17.6 Å². The highest BCUT2D eigenvalue weighted by molar-refractivity contribution is 5.58. The molecule has 34 heavy (non-hydrogen) atoms. The van der Waals surface area contributed by atoms with Crippen LogP contribution in [0.4, 0.5) is 5.82 Å². The highest BCUT2D eigenvalue weighted by Gasteiger charge is 2.20. The number of aromatic amines is 2. The van der Waals surface area contributed by atoms with Crippen LogP contribution >= 0.6 is 0 Å². The molecule has 5 aromatic rings. The molecule has 1 fully saturated rings. The van der Waals surface area contributed by atoms with Gasteiger partial charge in [-0.15, -0.1) is 0 Å². The number of fused-ring (bicyclic) bond motifs is 1. The molecule has 170 valence electrons. The van der Waals surface area contributed by atoms with Crippen molar-refractivity contribution in [1.29, 1.82) is 0 Å². The summed E-state index contributed by atoms with van der Waals surface area (Å²) in [6.45, 7) is 0.501. The van der Waals surface area contributed by atoms with Gasteiger partial charge in [0, 0.05) is 17.8 Å². The molecular weight excluding hydrogens is 436 g/mol. The van der Waals surface area contributed by atoms with Gasteiger partial charge in [-0.25, -0.2) is 19.4 Å². The predicted molar refractivity (Wildman–Crippen MR) is 122 cm³/mol. The van der Waals surface area contributed by atoms with Crippen LogP contribution in [0.5, 0.6) is 5.88 Å². The van der Waals surface area contributed by atoms with Gasteiger partial charge in [0.25, 0.3) is 0 Å². The number of H-pyrrole nitrogens is 2. The van der Waals surface area contributed by atoms with Crippen LogP contribution in [0.15, 0.2) is 59.0 Å². The number of nitrogens with zero attached hydrogens (tertiary/aromatic N) is 7. The number of hydrogen-bond acceptors (Lipinski definition) is 8. The van der Waals surface area contributed by atoms with Crippen LogP contribution in [-0.2, 0) is 6.54 Å². The molecular formula is C22H20N10O2. The van der Waals surface area contributed by atoms with Crippen molar-refractivity contribution >= 4 is 17.5 Å². The average Bonchev–Trinajstić information content (AvgIpc) is 3.20. The summed E-state index contributed by atoms with van der Waals surface area (Å²) in [5.41, 5.74) is 2.93. The first-order chi connectivity index (χ1) is 16.6. The molecule has 0 atom stereocenters. The predicted octanol–water partition coefficient (Wildman–Crippen LogP) is 0.255. The van der Waals surface area contributed by atoms with Gasteiger partial charge in [0.1, 0.15) is 24.2 Å². The Morgan fingerprint density at radius 2 is 2.12 bits per heavy atom. The topological polar surface area (TPSA) is 154 Å². The van der Waals surface area contributed by atoms with Gasteiger partial charge in [-0.05, 0) is 30.5 Å². The maximum atomic E-state index is 11.5. The van der Waals surface area contributed by atoms with Crippen LogP contribution in [0, 0.1) is 0 Å². The molecule has 4 aromatic heterocycles. The van der Waals surface area contributed by atoms with E-state index in [0.29, 0.717) is 28.7 Å². The lowest BCUT2D eigenvalue weighted by atomic mass is 10.2. The molecule has 0 bridgehead atoms. The molecule has 1 aliphatic carbocycles. The Kier molecular flexibility index (Phi) is 4.68. The first kappa shape index (κ1) is 19.9. The number of hydrogen-bond donors (Lipinski definition) is 4. The van der Waals surface area contributed by atoms with Crippen molar-refractivity contribution in [1.82, 2.24) is 39.3 Å². The molecule has 0 saturated heterocycles. The first-order valence-corrected chi connectivity index (χ1v) is 10.8. The van der Waals surface area contributed by atoms with Gasteiger partial charge in [-0.2, -0.15) is 14.7 Å². The Bertz CT molecular complexity index is 1660. The van der Waals surface area contributed by atoms with Crippen LogP contribution in [0.1, 0.15) is 24.1 Å². The number of nitrogens with one attached hydrogen (secondary N) is 3. The van der Waals surface area contributed by atoms with Gasteiger partial charge in [-0.1, -0.05) is 18.2 Å². The van der Waals surface area contributed by atoms with E-state index in [1.807, 2.05) is 30.3 Å². The number of aromatic hydroxyl groups is 1. The van der Waals surface area contributed by atoms with Crippen LogP contribution in [0.3, 0.4) is 0 Å². The molecule has 6 rings (SSSR count). The molecule has 12 heteroatoms. The third-order valence-electron chi connectivity index (χ3n) is 5.49. The van der Waals surface area contributed by atoms with Crippen molar-refractivity contribution in [2.75, 3.05) is 5.32 Å². The van der Waals surface area contributed by atoms with E-state index in [4.69, 9.17) is 9.98 Å². The molecule has 0 radical (unpaired) electrons. The third kappa shape index (κ3) is 3.81. The van der Waals surface area contributed by atoms with Crippen molar-refractivity contribution in [3.63, 3.8) is 0 Å². The molecule has 4 heterocycles. The molecule has 1 aromatic carbocycles. The van der Waals surface area contributed by atoms with Crippen molar-refractivity contribution in [2.45, 2.75) is 25.4 Å². The van der Waals surface area contributed by atoms with Crippen molar-refractivity contribution in [3.05, 3.63) is 81.6 Å². The lowest BCUT2D eigenvalue weighted by Crippen LogP contribution is -2.20. The standard InChI is InChI=1S/C22H20N10O2/c33-21-16(28-22(34)30-21)7-14-10-25-32-19(27-15-5-6-15)8-18(29-20(14)32)24-9-13-3-1-2-4-17(13)31-12-23-11-26-31/h1-4,7-8,10-12,15,24,33H,5-6,9H2,(H2,28,30,34)/b14-7+,27-19?. The Balaban J connectivity index is 1.41. The van der Waals surface area contributed by atoms with Gasteiger partial charge in [0.15, 0.2) is 11.1 Å². The molecule has 4 N–H and O–H groups in total. The van der Waals surface area contributed by atoms with E-state index < -0.39 is 5.69 Å². The quantitative estimate of drug-likeness (QED) is 0.286. The second kappa shape index (κ2) is 7.99. The van der Waals surface area contributed by atoms with Crippen molar-refractivity contribution < 1.29 is 5.11 Å². The Morgan fingerprint density at radius 3 is 2.88 bits per heavy atom. The summed E-state index contributed by atoms with van der Waals surface area (Å²) in [5, 5.41) is 22.6. The highest BCUT2D eigenvalue weighted by Crippen LogP contribution is 2.22. The fraction of sp³-hybridized carbons (Fsp3) is 0.182. The number of benzene rings is 1. The van der Waals surface area contributed by atoms with Crippen LogP contribution in [-0.4, -0.2) is 50.5 Å². The summed E-state index contributed by atoms with van der Waals surface area (Å²) in [6, 6.07) is 10.1. The number of anilines is 1. The van der Waals surface area contributed by atoms with E-state index in [1.54, 1.807) is 27.8 Å². The number of imidazole rings is 1. The van der Waals surface area contributed by atoms with Crippen molar-refractivity contribution in [2.24, 2.45) is 4.99 Å². The second-order valence-electron chi connectivity index (χ2n) is 8.00. The molecule has 0 amide bonds. The average molecular weight is 456 g/mol. The normalized spacial score (nSPS) is 14.8. The van der Waals surface area contributed by atoms with E-state index in [0.717, 1.165) is 24.1 Å². The van der Waals surface area contributed by atoms with E-state index in [1.165, 1.54) is 6.33 Å².